The number of aryl methyl sites for hydroxylation is 2. The zero-order chi connectivity index (χ0) is 59.8. The first-order chi connectivity index (χ1) is 38.6. The molecule has 3 N–H and O–H groups in total. The molecule has 0 saturated carbocycles. The van der Waals surface area contributed by atoms with Gasteiger partial charge in [-0.1, -0.05) is 37.6 Å². The maximum absolute atomic E-state index is 11.9. The zero-order valence-corrected chi connectivity index (χ0v) is 58.8. The maximum Gasteiger partial charge on any atom is 1.00 e. The Morgan fingerprint density at radius 3 is 1.99 bits per heavy atom. The van der Waals surface area contributed by atoms with Crippen molar-refractivity contribution in [2.75, 3.05) is 59.8 Å². The SMILES string of the molecule is CC1(C)CC(CS(=O)(=O)[O-])c2cc(ON)c(O)cc2N1CCCC(=O)[O-].CCCC[N+]1=c2cc3c(cc2CCC1)=Nc1cc2c(cc1O3)N(CCCOC=O)C(C)(C)CC2CS(=O)(=O)[O-].O=S(=O)([O-])CCCC1CCCc2ccccc21.[Na+].[Na+].[Na+]. The van der Waals surface area contributed by atoms with Crippen molar-refractivity contribution in [1.29, 1.82) is 0 Å². The number of nitrogens with two attached hydrogens (primary N) is 1. The van der Waals surface area contributed by atoms with Crippen LogP contribution in [0, 0.1) is 0 Å². The van der Waals surface area contributed by atoms with Crippen LogP contribution in [-0.2, 0) is 57.5 Å². The number of phenols is 1. The number of hydrogen-bond donors (Lipinski definition) is 2. The average Bonchev–Trinajstić information content (AvgIpc) is 3.45. The van der Waals surface area contributed by atoms with Crippen LogP contribution < -0.4 is 134 Å². The summed E-state index contributed by atoms with van der Waals surface area (Å²) in [6.07, 6.45) is 10.7. The molecule has 85 heavy (non-hydrogen) atoms. The van der Waals surface area contributed by atoms with Gasteiger partial charge in [-0.15, -0.1) is 0 Å². The Balaban J connectivity index is 0.000000292. The number of hydrogen-bond acceptors (Lipinski definition) is 20. The third kappa shape index (κ3) is 20.6. The third-order valence-corrected chi connectivity index (χ3v) is 18.5. The van der Waals surface area contributed by atoms with Crippen molar-refractivity contribution in [3.8, 4) is 23.0 Å². The monoisotopic (exact) mass is 1260 g/mol. The number of aliphatic carboxylic acids is 1. The second-order valence-corrected chi connectivity index (χ2v) is 27.6. The van der Waals surface area contributed by atoms with Gasteiger partial charge in [-0.05, 0) is 145 Å². The fourth-order valence-corrected chi connectivity index (χ4v) is 14.6. The predicted molar refractivity (Wildman–Crippen MR) is 304 cm³/mol. The topological polar surface area (TPSA) is 325 Å². The molecule has 0 fully saturated rings. The maximum atomic E-state index is 11.9. The standard InChI is InChI=1S/C29H37N3O6S.C16H24N2O7S.C13H18O3S.3Na/c1-4-5-9-31-10-6-8-20-13-23-27(15-25(20)31)38-28-16-26-22(14-24(28)30-23)21(18-39(34,35)36)17-29(2,3)32(26)11-7-12-37-19-33;1-16(2)8-10(9-26(22,23)24)11-6-14(25-17)13(19)7-12(11)18(16)5-3-4-15(20)21;14-17(15,16)10-4-8-12-7-3-6-11-5-1-2-9-13(11)12;;;/h13-16,19,21H,4-12,17-18H2,1-3H3;6-7,10,19H,3-5,8-9,17H2,1-2H3,(H,20,21)(H,22,23,24);1-2,5,9,12H,3-4,6-8,10H2,(H,14,15,16);;;/q;;;3*+1/p-3. The van der Waals surface area contributed by atoms with Gasteiger partial charge in [0.2, 0.25) is 5.36 Å². The molecule has 3 unspecified atom stereocenters. The van der Waals surface area contributed by atoms with Crippen LogP contribution in [0.5, 0.6) is 23.0 Å². The molecule has 0 spiro atoms. The largest absolute Gasteiger partial charge is 1.00 e. The Morgan fingerprint density at radius 2 is 1.39 bits per heavy atom. The zero-order valence-electron chi connectivity index (χ0n) is 50.3. The van der Waals surface area contributed by atoms with Gasteiger partial charge < -0.3 is 52.8 Å². The fraction of sp³-hybridized carbons (Fsp3) is 0.552. The molecule has 9 rings (SSSR count). The van der Waals surface area contributed by atoms with Crippen molar-refractivity contribution in [2.24, 2.45) is 10.9 Å². The Bertz CT molecular complexity index is 3470. The van der Waals surface area contributed by atoms with E-state index in [2.05, 4.69) is 45.5 Å². The molecule has 4 aliphatic heterocycles. The Morgan fingerprint density at radius 1 is 0.776 bits per heavy atom. The minimum Gasteiger partial charge on any atom is -0.748 e. The Hall–Kier alpha value is -2.89. The molecule has 0 amide bonds. The number of unbranched alkanes of at least 4 members (excludes halogenated alkanes) is 1. The smallest absolute Gasteiger partial charge is 0.748 e. The van der Waals surface area contributed by atoms with Crippen molar-refractivity contribution in [3.63, 3.8) is 0 Å². The first-order valence-electron chi connectivity index (χ1n) is 28.0. The van der Waals surface area contributed by atoms with Crippen molar-refractivity contribution >= 4 is 59.9 Å². The van der Waals surface area contributed by atoms with Crippen molar-refractivity contribution in [3.05, 3.63) is 99.2 Å². The number of carboxylic acids is 1. The molecular weight excluding hydrogens is 1190 g/mol. The molecule has 21 nitrogen and oxygen atoms in total. The van der Waals surface area contributed by atoms with Gasteiger partial charge in [-0.3, -0.25) is 4.79 Å². The van der Waals surface area contributed by atoms with Crippen LogP contribution in [0.4, 0.5) is 17.1 Å². The molecule has 4 aromatic carbocycles. The molecule has 1 aliphatic carbocycles. The van der Waals surface area contributed by atoms with Crippen LogP contribution in [0.3, 0.4) is 0 Å². The van der Waals surface area contributed by atoms with Gasteiger partial charge in [0.15, 0.2) is 23.0 Å². The van der Waals surface area contributed by atoms with Gasteiger partial charge >= 0.3 is 88.7 Å². The average molecular weight is 1260 g/mol. The summed E-state index contributed by atoms with van der Waals surface area (Å²) in [5.41, 5.74) is 6.28. The number of carbonyl (C=O) groups excluding carboxylic acids is 2. The van der Waals surface area contributed by atoms with Gasteiger partial charge in [0.25, 0.3) is 6.47 Å². The van der Waals surface area contributed by atoms with Crippen LogP contribution in [-0.4, -0.2) is 118 Å². The van der Waals surface area contributed by atoms with E-state index in [9.17, 15) is 58.7 Å². The molecule has 0 radical (unpaired) electrons. The van der Waals surface area contributed by atoms with E-state index in [4.69, 9.17) is 20.4 Å². The number of ether oxygens (including phenoxy) is 2. The molecule has 0 aromatic heterocycles. The summed E-state index contributed by atoms with van der Waals surface area (Å²) < 4.78 is 115. The molecular formula is C58H76N5Na3O16S3. The molecule has 0 bridgehead atoms. The summed E-state index contributed by atoms with van der Waals surface area (Å²) in [5, 5.41) is 22.7. The van der Waals surface area contributed by atoms with Gasteiger partial charge in [0.05, 0.1) is 43.0 Å². The second kappa shape index (κ2) is 32.2. The number of aromatic hydroxyl groups is 1. The number of benzene rings is 4. The minimum absolute atomic E-state index is 0. The van der Waals surface area contributed by atoms with Crippen LogP contribution in [0.1, 0.15) is 157 Å². The summed E-state index contributed by atoms with van der Waals surface area (Å²) >= 11 is 0. The van der Waals surface area contributed by atoms with E-state index in [1.54, 1.807) is 0 Å². The van der Waals surface area contributed by atoms with E-state index in [0.29, 0.717) is 86.0 Å². The summed E-state index contributed by atoms with van der Waals surface area (Å²) in [7, 11) is -13.0. The molecule has 5 aliphatic rings. The van der Waals surface area contributed by atoms with Crippen LogP contribution in [0.2, 0.25) is 0 Å². The van der Waals surface area contributed by atoms with Crippen molar-refractivity contribution in [1.82, 2.24) is 4.58 Å². The van der Waals surface area contributed by atoms with Crippen LogP contribution in [0.15, 0.2) is 65.7 Å². The van der Waals surface area contributed by atoms with E-state index in [-0.39, 0.29) is 119 Å². The summed E-state index contributed by atoms with van der Waals surface area (Å²) in [4.78, 5) is 35.0. The number of phenolic OH excluding ortho intramolecular Hbond substituents is 1. The molecule has 3 atom stereocenters. The van der Waals surface area contributed by atoms with Gasteiger partial charge in [0, 0.05) is 101 Å². The van der Waals surface area contributed by atoms with Crippen LogP contribution in [0.25, 0.3) is 0 Å². The van der Waals surface area contributed by atoms with E-state index in [1.807, 2.05) is 56.9 Å². The van der Waals surface area contributed by atoms with Crippen LogP contribution >= 0.6 is 0 Å². The summed E-state index contributed by atoms with van der Waals surface area (Å²) in [6.45, 7) is 13.7. The molecule has 4 heterocycles. The Kier molecular flexibility index (Phi) is 28.3. The first kappa shape index (κ1) is 74.6. The number of anilines is 2. The Labute approximate surface area is 566 Å². The van der Waals surface area contributed by atoms with Gasteiger partial charge in [-0.25, -0.2) is 34.8 Å². The number of nitrogens with zero attached hydrogens (tertiary/aromatic N) is 4. The molecule has 27 heteroatoms. The van der Waals surface area contributed by atoms with E-state index >= 15 is 0 Å². The number of fused-ring (bicyclic) bond motifs is 6. The third-order valence-electron chi connectivity index (χ3n) is 16.1. The molecule has 4 aromatic rings. The second-order valence-electron chi connectivity index (χ2n) is 23.1. The number of carboxylic acid groups (broad SMARTS) is 1. The summed E-state index contributed by atoms with van der Waals surface area (Å²) in [5.74, 6) is 3.09. The van der Waals surface area contributed by atoms with Gasteiger partial charge in [-0.2, -0.15) is 5.90 Å². The summed E-state index contributed by atoms with van der Waals surface area (Å²) in [6, 6.07) is 19.2. The van der Waals surface area contributed by atoms with Crippen molar-refractivity contribution in [2.45, 2.75) is 153 Å². The predicted octanol–water partition coefficient (Wildman–Crippen LogP) is -3.60. The first-order valence-corrected chi connectivity index (χ1v) is 32.8. The quantitative estimate of drug-likeness (QED) is 0.0179. The van der Waals surface area contributed by atoms with E-state index in [1.165, 1.54) is 34.2 Å². The molecule has 450 valence electrons. The van der Waals surface area contributed by atoms with Crippen molar-refractivity contribution < 1.29 is 162 Å². The number of rotatable bonds is 21. The number of carbonyl (C=O) groups is 2. The van der Waals surface area contributed by atoms with Gasteiger partial charge in [0.1, 0.15) is 24.1 Å². The van der Waals surface area contributed by atoms with E-state index < -0.39 is 70.7 Å². The minimum atomic E-state index is -4.48. The fourth-order valence-electron chi connectivity index (χ4n) is 12.5. The normalized spacial score (nSPS) is 18.6. The van der Waals surface area contributed by atoms with E-state index in [0.717, 1.165) is 81.1 Å². The molecule has 0 saturated heterocycles.